The average molecular weight is 269 g/mol. The van der Waals surface area contributed by atoms with Crippen molar-refractivity contribution in [3.8, 4) is 0 Å². The number of nitrogens with zero attached hydrogens (tertiary/aromatic N) is 3. The number of aromatic nitrogens is 3. The summed E-state index contributed by atoms with van der Waals surface area (Å²) in [5.74, 6) is -0.291. The van der Waals surface area contributed by atoms with Crippen molar-refractivity contribution in [2.24, 2.45) is 0 Å². The van der Waals surface area contributed by atoms with Gasteiger partial charge in [0.1, 0.15) is 6.33 Å². The van der Waals surface area contributed by atoms with Crippen molar-refractivity contribution in [2.45, 2.75) is 0 Å². The highest BCUT2D eigenvalue weighted by Gasteiger charge is 2.04. The van der Waals surface area contributed by atoms with Crippen LogP contribution < -0.4 is 5.32 Å². The molecule has 2 aromatic heterocycles. The fraction of sp³-hybridized carbons (Fsp3) is 0. The molecule has 0 aliphatic carbocycles. The third kappa shape index (κ3) is 2.47. The zero-order chi connectivity index (χ0) is 10.7. The lowest BCUT2D eigenvalue weighted by Gasteiger charge is -2.04. The molecule has 0 atom stereocenters. The van der Waals surface area contributed by atoms with E-state index in [1.165, 1.54) is 31.0 Å². The largest absolute Gasteiger partial charge is 0.335 e. The van der Waals surface area contributed by atoms with Gasteiger partial charge in [0.25, 0.3) is 0 Å². The normalized spacial score (nSPS) is 10.0. The van der Waals surface area contributed by atoms with Crippen LogP contribution in [-0.2, 0) is 0 Å². The topological polar surface area (TPSA) is 50.7 Å². The number of halogens is 2. The van der Waals surface area contributed by atoms with Gasteiger partial charge in [0, 0.05) is 10.7 Å². The lowest BCUT2D eigenvalue weighted by Crippen LogP contribution is -1.97. The van der Waals surface area contributed by atoms with E-state index in [1.807, 2.05) is 0 Å². The Morgan fingerprint density at radius 1 is 1.20 bits per heavy atom. The van der Waals surface area contributed by atoms with Crippen molar-refractivity contribution in [3.05, 3.63) is 41.3 Å². The van der Waals surface area contributed by atoms with Gasteiger partial charge in [0.2, 0.25) is 0 Å². The molecular formula is C9H6BrFN4. The Balaban J connectivity index is 2.25. The van der Waals surface area contributed by atoms with Gasteiger partial charge in [-0.05, 0) is 22.0 Å². The Labute approximate surface area is 93.7 Å². The molecule has 0 saturated heterocycles. The highest BCUT2D eigenvalue weighted by molar-refractivity contribution is 9.10. The van der Waals surface area contributed by atoms with Gasteiger partial charge >= 0.3 is 0 Å². The molecule has 0 unspecified atom stereocenters. The van der Waals surface area contributed by atoms with E-state index in [9.17, 15) is 4.39 Å². The number of anilines is 2. The molecule has 76 valence electrons. The van der Waals surface area contributed by atoms with E-state index >= 15 is 0 Å². The van der Waals surface area contributed by atoms with Crippen LogP contribution >= 0.6 is 15.9 Å². The van der Waals surface area contributed by atoms with Crippen molar-refractivity contribution in [1.82, 2.24) is 15.0 Å². The first-order valence-corrected chi connectivity index (χ1v) is 4.88. The Bertz CT molecular complexity index is 463. The van der Waals surface area contributed by atoms with E-state index < -0.39 is 5.82 Å². The van der Waals surface area contributed by atoms with Gasteiger partial charge in [-0.15, -0.1) is 0 Å². The molecule has 2 heterocycles. The standard InChI is InChI=1S/C9H6BrFN4/c10-6-1-8(11)9(14-2-6)15-7-3-12-5-13-4-7/h1-5H,(H,14,15). The van der Waals surface area contributed by atoms with E-state index in [1.54, 1.807) is 0 Å². The zero-order valence-corrected chi connectivity index (χ0v) is 9.07. The van der Waals surface area contributed by atoms with Gasteiger partial charge in [-0.3, -0.25) is 0 Å². The Morgan fingerprint density at radius 3 is 2.60 bits per heavy atom. The van der Waals surface area contributed by atoms with Crippen LogP contribution in [0.2, 0.25) is 0 Å². The molecule has 0 bridgehead atoms. The number of hydrogen-bond acceptors (Lipinski definition) is 4. The minimum absolute atomic E-state index is 0.146. The van der Waals surface area contributed by atoms with Gasteiger partial charge in [0.05, 0.1) is 18.1 Å². The summed E-state index contributed by atoms with van der Waals surface area (Å²) in [5.41, 5.74) is 0.589. The molecule has 2 rings (SSSR count). The zero-order valence-electron chi connectivity index (χ0n) is 7.48. The van der Waals surface area contributed by atoms with E-state index in [0.717, 1.165) is 0 Å². The van der Waals surface area contributed by atoms with Crippen LogP contribution in [0.5, 0.6) is 0 Å². The third-order valence-corrected chi connectivity index (χ3v) is 2.06. The number of hydrogen-bond donors (Lipinski definition) is 1. The molecule has 0 spiro atoms. The van der Waals surface area contributed by atoms with E-state index in [4.69, 9.17) is 0 Å². The smallest absolute Gasteiger partial charge is 0.166 e. The van der Waals surface area contributed by atoms with E-state index in [2.05, 4.69) is 36.2 Å². The number of nitrogens with one attached hydrogen (secondary N) is 1. The summed E-state index contributed by atoms with van der Waals surface area (Å²) in [7, 11) is 0. The van der Waals surface area contributed by atoms with Crippen molar-refractivity contribution in [2.75, 3.05) is 5.32 Å². The number of rotatable bonds is 2. The Morgan fingerprint density at radius 2 is 1.93 bits per heavy atom. The average Bonchev–Trinajstić information content (AvgIpc) is 2.24. The molecular weight excluding hydrogens is 263 g/mol. The third-order valence-electron chi connectivity index (χ3n) is 1.63. The summed E-state index contributed by atoms with van der Waals surface area (Å²) >= 11 is 3.13. The molecule has 0 radical (unpaired) electrons. The second kappa shape index (κ2) is 4.31. The molecule has 0 saturated carbocycles. The minimum Gasteiger partial charge on any atom is -0.335 e. The first-order valence-electron chi connectivity index (χ1n) is 4.09. The summed E-state index contributed by atoms with van der Waals surface area (Å²) in [6, 6.07) is 1.33. The monoisotopic (exact) mass is 268 g/mol. The maximum atomic E-state index is 13.3. The highest BCUT2D eigenvalue weighted by atomic mass is 79.9. The maximum Gasteiger partial charge on any atom is 0.166 e. The second-order valence-electron chi connectivity index (χ2n) is 2.74. The first kappa shape index (κ1) is 9.97. The molecule has 0 fully saturated rings. The van der Waals surface area contributed by atoms with Crippen LogP contribution in [0.4, 0.5) is 15.9 Å². The van der Waals surface area contributed by atoms with Crippen molar-refractivity contribution < 1.29 is 4.39 Å². The predicted molar refractivity (Wildman–Crippen MR) is 57.2 cm³/mol. The lowest BCUT2D eigenvalue weighted by molar-refractivity contribution is 0.625. The van der Waals surface area contributed by atoms with Crippen LogP contribution in [0.25, 0.3) is 0 Å². The molecule has 6 heteroatoms. The quantitative estimate of drug-likeness (QED) is 0.910. The molecule has 2 aromatic rings. The fourth-order valence-electron chi connectivity index (χ4n) is 1.01. The van der Waals surface area contributed by atoms with Gasteiger partial charge in [-0.2, -0.15) is 0 Å². The molecule has 0 aromatic carbocycles. The first-order chi connectivity index (χ1) is 7.25. The second-order valence-corrected chi connectivity index (χ2v) is 3.65. The molecule has 1 N–H and O–H groups in total. The van der Waals surface area contributed by atoms with Crippen molar-refractivity contribution in [3.63, 3.8) is 0 Å². The van der Waals surface area contributed by atoms with Crippen LogP contribution in [0, 0.1) is 5.82 Å². The Hall–Kier alpha value is -1.56. The molecule has 15 heavy (non-hydrogen) atoms. The molecule has 0 aliphatic rings. The van der Waals surface area contributed by atoms with E-state index in [-0.39, 0.29) is 5.82 Å². The summed E-state index contributed by atoms with van der Waals surface area (Å²) in [6.07, 6.45) is 5.98. The minimum atomic E-state index is -0.437. The van der Waals surface area contributed by atoms with Crippen LogP contribution in [0.1, 0.15) is 0 Å². The Kier molecular flexibility index (Phi) is 2.86. The maximum absolute atomic E-state index is 13.3. The highest BCUT2D eigenvalue weighted by Crippen LogP contribution is 2.19. The summed E-state index contributed by atoms with van der Waals surface area (Å²) in [4.78, 5) is 11.5. The van der Waals surface area contributed by atoms with Gasteiger partial charge < -0.3 is 5.32 Å². The van der Waals surface area contributed by atoms with Gasteiger partial charge in [-0.25, -0.2) is 19.3 Å². The van der Waals surface area contributed by atoms with E-state index in [0.29, 0.717) is 10.2 Å². The van der Waals surface area contributed by atoms with Crippen molar-refractivity contribution in [1.29, 1.82) is 0 Å². The molecule has 4 nitrogen and oxygen atoms in total. The molecule has 0 aliphatic heterocycles. The predicted octanol–water partition coefficient (Wildman–Crippen LogP) is 2.52. The summed E-state index contributed by atoms with van der Waals surface area (Å²) < 4.78 is 13.9. The summed E-state index contributed by atoms with van der Waals surface area (Å²) in [6.45, 7) is 0. The number of pyridine rings is 1. The lowest BCUT2D eigenvalue weighted by atomic mass is 10.4. The SMILES string of the molecule is Fc1cc(Br)cnc1Nc1cncnc1. The van der Waals surface area contributed by atoms with Crippen LogP contribution in [0.15, 0.2) is 35.5 Å². The van der Waals surface area contributed by atoms with Crippen LogP contribution in [0.3, 0.4) is 0 Å². The molecule has 0 amide bonds. The van der Waals surface area contributed by atoms with Crippen molar-refractivity contribution >= 4 is 27.4 Å². The van der Waals surface area contributed by atoms with Crippen LogP contribution in [-0.4, -0.2) is 15.0 Å². The van der Waals surface area contributed by atoms with Gasteiger partial charge in [-0.1, -0.05) is 0 Å². The van der Waals surface area contributed by atoms with Gasteiger partial charge in [0.15, 0.2) is 11.6 Å². The summed E-state index contributed by atoms with van der Waals surface area (Å²) in [5, 5.41) is 2.77. The fourth-order valence-corrected chi connectivity index (χ4v) is 1.31.